The standard InChI is InChI=1S/C69H137N3O6/c1-8-12-16-20-24-28-32-36-40-44-52-64(53-45-41-37-33-29-25-21-17-13-9-2)67(73)76-62-50-48-56-66(78-69(75)70-58-59-72(7)61-60-71(5)6)57-49-51-63-77-68(74)65(54-46-42-38-34-30-26-22-18-14-10-3)55-47-43-39-35-31-27-23-19-15-11-4/h64-66H,8-63H2,1-7H3,(H,70,75). The second-order valence-electron chi connectivity index (χ2n) is 24.7. The number of hydrogen-bond donors (Lipinski definition) is 1. The van der Waals surface area contributed by atoms with E-state index >= 15 is 0 Å². The van der Waals surface area contributed by atoms with Gasteiger partial charge in [0, 0.05) is 26.2 Å². The average Bonchev–Trinajstić information content (AvgIpc) is 3.42. The van der Waals surface area contributed by atoms with Crippen LogP contribution in [-0.4, -0.2) is 94.5 Å². The van der Waals surface area contributed by atoms with Gasteiger partial charge in [-0.15, -0.1) is 0 Å². The molecule has 9 nitrogen and oxygen atoms in total. The van der Waals surface area contributed by atoms with Crippen LogP contribution in [0.5, 0.6) is 0 Å². The number of amides is 1. The third-order valence-electron chi connectivity index (χ3n) is 16.6. The van der Waals surface area contributed by atoms with Gasteiger partial charge in [-0.25, -0.2) is 4.79 Å². The first-order valence-electron chi connectivity index (χ1n) is 34.8. The van der Waals surface area contributed by atoms with Gasteiger partial charge in [-0.1, -0.05) is 285 Å². The summed E-state index contributed by atoms with van der Waals surface area (Å²) in [5.41, 5.74) is 0. The highest BCUT2D eigenvalue weighted by Gasteiger charge is 2.22. The Morgan fingerprint density at radius 1 is 0.333 bits per heavy atom. The SMILES string of the molecule is CCCCCCCCCCCCC(CCCCCCCCCCCC)C(=O)OCCCCC(CCCCOC(=O)C(CCCCCCCCCCCC)CCCCCCCCCCCC)OC(=O)NCCN(C)CCN(C)C. The van der Waals surface area contributed by atoms with Gasteiger partial charge in [-0.05, 0) is 85.4 Å². The first kappa shape index (κ1) is 76.1. The maximum Gasteiger partial charge on any atom is 0.407 e. The minimum absolute atomic E-state index is 0.00129. The van der Waals surface area contributed by atoms with Gasteiger partial charge >= 0.3 is 18.0 Å². The van der Waals surface area contributed by atoms with Crippen LogP contribution in [0.2, 0.25) is 0 Å². The largest absolute Gasteiger partial charge is 0.465 e. The number of unbranched alkanes of at least 4 members (excludes halogenated alkanes) is 38. The first-order valence-corrected chi connectivity index (χ1v) is 34.8. The van der Waals surface area contributed by atoms with Crippen molar-refractivity contribution in [2.24, 2.45) is 11.8 Å². The summed E-state index contributed by atoms with van der Waals surface area (Å²) >= 11 is 0. The number of rotatable bonds is 63. The number of likely N-dealkylation sites (N-methyl/N-ethyl adjacent to an activating group) is 2. The average molecular weight is 1100 g/mol. The van der Waals surface area contributed by atoms with E-state index in [0.717, 1.165) is 96.7 Å². The van der Waals surface area contributed by atoms with Crippen LogP contribution in [-0.2, 0) is 23.8 Å². The predicted molar refractivity (Wildman–Crippen MR) is 337 cm³/mol. The zero-order valence-electron chi connectivity index (χ0n) is 53.7. The maximum atomic E-state index is 13.6. The summed E-state index contributed by atoms with van der Waals surface area (Å²) in [5, 5.41) is 2.99. The summed E-state index contributed by atoms with van der Waals surface area (Å²) < 4.78 is 18.1. The molecule has 0 spiro atoms. The maximum absolute atomic E-state index is 13.6. The molecule has 1 amide bonds. The van der Waals surface area contributed by atoms with E-state index in [4.69, 9.17) is 14.2 Å². The van der Waals surface area contributed by atoms with Crippen LogP contribution in [0.4, 0.5) is 4.79 Å². The molecule has 0 unspecified atom stereocenters. The van der Waals surface area contributed by atoms with Crippen molar-refractivity contribution in [1.82, 2.24) is 15.1 Å². The monoisotopic (exact) mass is 1100 g/mol. The van der Waals surface area contributed by atoms with Crippen molar-refractivity contribution in [1.29, 1.82) is 0 Å². The summed E-state index contributed by atoms with van der Waals surface area (Å²) in [7, 11) is 6.23. The minimum atomic E-state index is -0.373. The molecule has 0 aromatic rings. The van der Waals surface area contributed by atoms with Gasteiger partial charge in [0.05, 0.1) is 25.0 Å². The van der Waals surface area contributed by atoms with Crippen molar-refractivity contribution in [2.75, 3.05) is 60.5 Å². The van der Waals surface area contributed by atoms with Crippen LogP contribution in [0.15, 0.2) is 0 Å². The summed E-state index contributed by atoms with van der Waals surface area (Å²) in [6.45, 7) is 13.1. The molecule has 0 saturated heterocycles. The number of esters is 2. The summed E-state index contributed by atoms with van der Waals surface area (Å²) in [6, 6.07) is 0. The molecule has 0 aliphatic heterocycles. The highest BCUT2D eigenvalue weighted by atomic mass is 16.6. The molecule has 9 heteroatoms. The molecule has 0 aromatic heterocycles. The van der Waals surface area contributed by atoms with Crippen LogP contribution >= 0.6 is 0 Å². The van der Waals surface area contributed by atoms with E-state index < -0.39 is 0 Å². The van der Waals surface area contributed by atoms with E-state index in [1.54, 1.807) is 0 Å². The van der Waals surface area contributed by atoms with Crippen LogP contribution in [0.3, 0.4) is 0 Å². The van der Waals surface area contributed by atoms with Crippen LogP contribution < -0.4 is 5.32 Å². The molecular formula is C69H137N3O6. The highest BCUT2D eigenvalue weighted by molar-refractivity contribution is 5.72. The third-order valence-corrected chi connectivity index (χ3v) is 16.6. The zero-order chi connectivity index (χ0) is 57.0. The number of carbonyl (C=O) groups excluding carboxylic acids is 3. The topological polar surface area (TPSA) is 97.4 Å². The Morgan fingerprint density at radius 3 is 0.885 bits per heavy atom. The zero-order valence-corrected chi connectivity index (χ0v) is 53.7. The fourth-order valence-electron chi connectivity index (χ4n) is 11.1. The quantitative estimate of drug-likeness (QED) is 0.0365. The summed E-state index contributed by atoms with van der Waals surface area (Å²) in [5.74, 6) is -0.0149. The molecule has 464 valence electrons. The van der Waals surface area contributed by atoms with Crippen molar-refractivity contribution in [3.8, 4) is 0 Å². The Hall–Kier alpha value is -1.87. The molecule has 0 bridgehead atoms. The molecule has 0 heterocycles. The van der Waals surface area contributed by atoms with E-state index in [1.165, 1.54) is 231 Å². The Labute approximate surface area is 486 Å². The van der Waals surface area contributed by atoms with E-state index in [9.17, 15) is 14.4 Å². The number of nitrogens with zero attached hydrogens (tertiary/aromatic N) is 2. The van der Waals surface area contributed by atoms with Crippen LogP contribution in [0.1, 0.15) is 349 Å². The Kier molecular flexibility index (Phi) is 59.7. The number of alkyl carbamates (subject to hydrolysis) is 1. The van der Waals surface area contributed by atoms with Crippen molar-refractivity contribution in [3.05, 3.63) is 0 Å². The van der Waals surface area contributed by atoms with Gasteiger partial charge in [0.25, 0.3) is 0 Å². The van der Waals surface area contributed by atoms with Crippen molar-refractivity contribution >= 4 is 18.0 Å². The molecule has 0 fully saturated rings. The van der Waals surface area contributed by atoms with Gasteiger partial charge in [-0.3, -0.25) is 9.59 Å². The minimum Gasteiger partial charge on any atom is -0.465 e. The van der Waals surface area contributed by atoms with Crippen molar-refractivity contribution in [2.45, 2.75) is 355 Å². The molecule has 1 N–H and O–H groups in total. The van der Waals surface area contributed by atoms with Gasteiger partial charge in [0.15, 0.2) is 0 Å². The Morgan fingerprint density at radius 2 is 0.603 bits per heavy atom. The molecular weight excluding hydrogens is 967 g/mol. The lowest BCUT2D eigenvalue weighted by Gasteiger charge is -2.21. The van der Waals surface area contributed by atoms with Gasteiger partial charge in [0.2, 0.25) is 0 Å². The fourth-order valence-corrected chi connectivity index (χ4v) is 11.1. The van der Waals surface area contributed by atoms with Gasteiger partial charge in [-0.2, -0.15) is 0 Å². The normalized spacial score (nSPS) is 11.8. The molecule has 0 atom stereocenters. The lowest BCUT2D eigenvalue weighted by molar-refractivity contribution is -0.150. The molecule has 0 aliphatic carbocycles. The predicted octanol–water partition coefficient (Wildman–Crippen LogP) is 20.5. The summed E-state index contributed by atoms with van der Waals surface area (Å²) in [6.07, 6.45) is 59.8. The van der Waals surface area contributed by atoms with E-state index in [0.29, 0.717) is 32.6 Å². The Balaban J connectivity index is 5.30. The van der Waals surface area contributed by atoms with E-state index in [-0.39, 0.29) is 36.0 Å². The second kappa shape index (κ2) is 61.2. The van der Waals surface area contributed by atoms with Crippen LogP contribution in [0.25, 0.3) is 0 Å². The lowest BCUT2D eigenvalue weighted by Crippen LogP contribution is -2.37. The molecule has 78 heavy (non-hydrogen) atoms. The summed E-state index contributed by atoms with van der Waals surface area (Å²) in [4.78, 5) is 44.8. The van der Waals surface area contributed by atoms with Gasteiger partial charge < -0.3 is 29.3 Å². The first-order chi connectivity index (χ1) is 38.2. The lowest BCUT2D eigenvalue weighted by atomic mass is 9.94. The molecule has 0 saturated carbocycles. The molecule has 0 rings (SSSR count). The van der Waals surface area contributed by atoms with Crippen molar-refractivity contribution in [3.63, 3.8) is 0 Å². The second-order valence-corrected chi connectivity index (χ2v) is 24.7. The molecule has 0 aromatic carbocycles. The third kappa shape index (κ3) is 54.7. The number of carbonyl (C=O) groups is 3. The van der Waals surface area contributed by atoms with E-state index in [1.807, 2.05) is 0 Å². The smallest absolute Gasteiger partial charge is 0.407 e. The van der Waals surface area contributed by atoms with Crippen molar-refractivity contribution < 1.29 is 28.6 Å². The number of hydrogen-bond acceptors (Lipinski definition) is 8. The number of ether oxygens (including phenoxy) is 3. The Bertz CT molecular complexity index is 1130. The van der Waals surface area contributed by atoms with Gasteiger partial charge in [0.1, 0.15) is 6.10 Å². The number of nitrogens with one attached hydrogen (secondary N) is 1. The fraction of sp³-hybridized carbons (Fsp3) is 0.957. The highest BCUT2D eigenvalue weighted by Crippen LogP contribution is 2.24. The molecule has 0 aliphatic rings. The van der Waals surface area contributed by atoms with E-state index in [2.05, 4.69) is 64.0 Å². The van der Waals surface area contributed by atoms with Crippen LogP contribution in [0, 0.1) is 11.8 Å². The molecule has 0 radical (unpaired) electrons.